The zero-order valence-corrected chi connectivity index (χ0v) is 19.1. The molecule has 1 heteroatoms. The molecule has 0 fully saturated rings. The van der Waals surface area contributed by atoms with Gasteiger partial charge in [0.2, 0.25) is 0 Å². The largest absolute Gasteiger partial charge is 0.355 e. The molecule has 0 aromatic heterocycles. The molecule has 0 heterocycles. The summed E-state index contributed by atoms with van der Waals surface area (Å²) in [7, 11) is 0. The standard InChI is InChI=1S/C31H27N/c1-19-20(2)27-17-21(13-15-25(27)24-10-6-5-9-23(19)24)32-22-14-16-30-28(18-22)26-11-7-8-12-29(26)31(30,3)4/h5-18,32H,1-4H3. The summed E-state index contributed by atoms with van der Waals surface area (Å²) in [5.41, 5.74) is 10.5. The fourth-order valence-corrected chi connectivity index (χ4v) is 5.58. The van der Waals surface area contributed by atoms with Gasteiger partial charge in [0.05, 0.1) is 0 Å². The van der Waals surface area contributed by atoms with Gasteiger partial charge < -0.3 is 5.32 Å². The molecule has 5 aromatic carbocycles. The highest BCUT2D eigenvalue weighted by Gasteiger charge is 2.34. The maximum atomic E-state index is 3.68. The molecule has 6 rings (SSSR count). The van der Waals surface area contributed by atoms with E-state index >= 15 is 0 Å². The molecule has 0 atom stereocenters. The van der Waals surface area contributed by atoms with Crippen LogP contribution in [0.2, 0.25) is 0 Å². The summed E-state index contributed by atoms with van der Waals surface area (Å²) in [5, 5.41) is 8.99. The minimum absolute atomic E-state index is 0.0447. The van der Waals surface area contributed by atoms with Gasteiger partial charge in [-0.2, -0.15) is 0 Å². The first-order valence-electron chi connectivity index (χ1n) is 11.4. The smallest absolute Gasteiger partial charge is 0.0390 e. The molecular weight excluding hydrogens is 386 g/mol. The third-order valence-electron chi connectivity index (χ3n) is 7.48. The van der Waals surface area contributed by atoms with Crippen LogP contribution in [-0.4, -0.2) is 0 Å². The maximum absolute atomic E-state index is 3.68. The van der Waals surface area contributed by atoms with Crippen molar-refractivity contribution in [3.8, 4) is 11.1 Å². The van der Waals surface area contributed by atoms with E-state index in [4.69, 9.17) is 0 Å². The van der Waals surface area contributed by atoms with Gasteiger partial charge in [-0.05, 0) is 93.0 Å². The summed E-state index contributed by atoms with van der Waals surface area (Å²) in [4.78, 5) is 0. The maximum Gasteiger partial charge on any atom is 0.0390 e. The van der Waals surface area contributed by atoms with Crippen LogP contribution in [0.5, 0.6) is 0 Å². The molecule has 0 aliphatic heterocycles. The fourth-order valence-electron chi connectivity index (χ4n) is 5.58. The molecule has 0 bridgehead atoms. The lowest BCUT2D eigenvalue weighted by Gasteiger charge is -2.21. The van der Waals surface area contributed by atoms with Gasteiger partial charge >= 0.3 is 0 Å². The first-order valence-corrected chi connectivity index (χ1v) is 11.4. The van der Waals surface area contributed by atoms with Gasteiger partial charge in [0.1, 0.15) is 0 Å². The van der Waals surface area contributed by atoms with E-state index < -0.39 is 0 Å². The second kappa shape index (κ2) is 6.71. The van der Waals surface area contributed by atoms with Gasteiger partial charge in [-0.3, -0.25) is 0 Å². The van der Waals surface area contributed by atoms with Crippen LogP contribution in [-0.2, 0) is 5.41 Å². The number of hydrogen-bond donors (Lipinski definition) is 1. The Morgan fingerprint density at radius 2 is 1.12 bits per heavy atom. The predicted octanol–water partition coefficient (Wildman–Crippen LogP) is 8.66. The summed E-state index contributed by atoms with van der Waals surface area (Å²) in [6, 6.07) is 31.1. The molecule has 0 amide bonds. The Labute approximate surface area is 189 Å². The minimum Gasteiger partial charge on any atom is -0.355 e. The van der Waals surface area contributed by atoms with Crippen molar-refractivity contribution in [2.24, 2.45) is 0 Å². The van der Waals surface area contributed by atoms with Crippen LogP contribution >= 0.6 is 0 Å². The molecule has 156 valence electrons. The van der Waals surface area contributed by atoms with Gasteiger partial charge in [0.15, 0.2) is 0 Å². The second-order valence-electron chi connectivity index (χ2n) is 9.61. The zero-order chi connectivity index (χ0) is 22.0. The average Bonchev–Trinajstić information content (AvgIpc) is 3.04. The van der Waals surface area contributed by atoms with Crippen molar-refractivity contribution in [2.45, 2.75) is 33.1 Å². The van der Waals surface area contributed by atoms with Crippen LogP contribution in [0.1, 0.15) is 36.1 Å². The lowest BCUT2D eigenvalue weighted by molar-refractivity contribution is 0.660. The van der Waals surface area contributed by atoms with E-state index in [-0.39, 0.29) is 5.41 Å². The van der Waals surface area contributed by atoms with Crippen molar-refractivity contribution >= 4 is 32.9 Å². The van der Waals surface area contributed by atoms with E-state index in [1.54, 1.807) is 0 Å². The van der Waals surface area contributed by atoms with Gasteiger partial charge in [-0.25, -0.2) is 0 Å². The Morgan fingerprint density at radius 1 is 0.531 bits per heavy atom. The molecule has 1 N–H and O–H groups in total. The second-order valence-corrected chi connectivity index (χ2v) is 9.61. The molecule has 1 aliphatic rings. The van der Waals surface area contributed by atoms with Gasteiger partial charge in [0, 0.05) is 16.8 Å². The summed E-state index contributed by atoms with van der Waals surface area (Å²) < 4.78 is 0. The predicted molar refractivity (Wildman–Crippen MR) is 138 cm³/mol. The number of fused-ring (bicyclic) bond motifs is 6. The first kappa shape index (κ1) is 19.1. The molecule has 32 heavy (non-hydrogen) atoms. The Hall–Kier alpha value is -3.58. The van der Waals surface area contributed by atoms with E-state index in [2.05, 4.69) is 118 Å². The summed E-state index contributed by atoms with van der Waals surface area (Å²) in [6.45, 7) is 9.12. The third-order valence-corrected chi connectivity index (χ3v) is 7.48. The zero-order valence-electron chi connectivity index (χ0n) is 19.1. The fraction of sp³-hybridized carbons (Fsp3) is 0.161. The SMILES string of the molecule is Cc1c(C)c2cc(Nc3ccc4c(c3)-c3ccccc3C4(C)C)ccc2c2ccccc12. The van der Waals surface area contributed by atoms with Gasteiger partial charge in [-0.1, -0.05) is 74.5 Å². The number of rotatable bonds is 2. The van der Waals surface area contributed by atoms with Crippen molar-refractivity contribution < 1.29 is 0 Å². The lowest BCUT2D eigenvalue weighted by atomic mass is 9.82. The Morgan fingerprint density at radius 3 is 1.97 bits per heavy atom. The van der Waals surface area contributed by atoms with E-state index in [1.165, 1.54) is 54.9 Å². The van der Waals surface area contributed by atoms with Gasteiger partial charge in [0.25, 0.3) is 0 Å². The molecule has 0 saturated carbocycles. The summed E-state index contributed by atoms with van der Waals surface area (Å²) in [6.07, 6.45) is 0. The molecule has 0 radical (unpaired) electrons. The lowest BCUT2D eigenvalue weighted by Crippen LogP contribution is -2.14. The van der Waals surface area contributed by atoms with Crippen LogP contribution in [0.4, 0.5) is 11.4 Å². The molecule has 5 aromatic rings. The van der Waals surface area contributed by atoms with Gasteiger partial charge in [-0.15, -0.1) is 0 Å². The average molecular weight is 414 g/mol. The molecule has 0 saturated heterocycles. The van der Waals surface area contributed by atoms with Crippen molar-refractivity contribution in [2.75, 3.05) is 5.32 Å². The highest BCUT2D eigenvalue weighted by Crippen LogP contribution is 2.49. The van der Waals surface area contributed by atoms with Crippen LogP contribution < -0.4 is 5.32 Å². The van der Waals surface area contributed by atoms with Crippen LogP contribution in [0.3, 0.4) is 0 Å². The normalized spacial score (nSPS) is 13.9. The Kier molecular flexibility index (Phi) is 4.01. The molecular formula is C31H27N. The Bertz CT molecular complexity index is 1540. The van der Waals surface area contributed by atoms with E-state index in [0.29, 0.717) is 0 Å². The summed E-state index contributed by atoms with van der Waals surface area (Å²) >= 11 is 0. The monoisotopic (exact) mass is 413 g/mol. The molecule has 0 unspecified atom stereocenters. The Balaban J connectivity index is 1.45. The topological polar surface area (TPSA) is 12.0 Å². The van der Waals surface area contributed by atoms with Crippen molar-refractivity contribution in [3.05, 3.63) is 107 Å². The molecule has 1 nitrogen and oxygen atoms in total. The highest BCUT2D eigenvalue weighted by molar-refractivity contribution is 6.11. The van der Waals surface area contributed by atoms with Crippen molar-refractivity contribution in [1.82, 2.24) is 0 Å². The number of anilines is 2. The van der Waals surface area contributed by atoms with E-state index in [9.17, 15) is 0 Å². The molecule has 1 aliphatic carbocycles. The number of aryl methyl sites for hydroxylation is 2. The van der Waals surface area contributed by atoms with Crippen LogP contribution in [0.15, 0.2) is 84.9 Å². The first-order chi connectivity index (χ1) is 15.4. The third kappa shape index (κ3) is 2.64. The number of benzene rings is 5. The quantitative estimate of drug-likeness (QED) is 0.285. The summed E-state index contributed by atoms with van der Waals surface area (Å²) in [5.74, 6) is 0. The van der Waals surface area contributed by atoms with E-state index in [0.717, 1.165) is 11.4 Å². The van der Waals surface area contributed by atoms with Crippen molar-refractivity contribution in [1.29, 1.82) is 0 Å². The van der Waals surface area contributed by atoms with Crippen LogP contribution in [0, 0.1) is 13.8 Å². The highest BCUT2D eigenvalue weighted by atomic mass is 14.9. The number of nitrogens with one attached hydrogen (secondary N) is 1. The van der Waals surface area contributed by atoms with Crippen LogP contribution in [0.25, 0.3) is 32.7 Å². The van der Waals surface area contributed by atoms with Crippen molar-refractivity contribution in [3.63, 3.8) is 0 Å². The minimum atomic E-state index is 0.0447. The molecule has 0 spiro atoms. The van der Waals surface area contributed by atoms with E-state index in [1.807, 2.05) is 0 Å². The number of hydrogen-bond acceptors (Lipinski definition) is 1.